The highest BCUT2D eigenvalue weighted by Gasteiger charge is 2.42. The highest BCUT2D eigenvalue weighted by molar-refractivity contribution is 7.91. The van der Waals surface area contributed by atoms with Gasteiger partial charge in [0.05, 0.1) is 46.2 Å². The van der Waals surface area contributed by atoms with E-state index in [2.05, 4.69) is 5.32 Å². The fourth-order valence-corrected chi connectivity index (χ4v) is 5.77. The lowest BCUT2D eigenvalue weighted by molar-refractivity contribution is -0.137. The molecule has 1 aliphatic carbocycles. The van der Waals surface area contributed by atoms with E-state index in [4.69, 9.17) is 0 Å². The molecule has 0 radical (unpaired) electrons. The Morgan fingerprint density at radius 3 is 2.56 bits per heavy atom. The van der Waals surface area contributed by atoms with Gasteiger partial charge in [-0.3, -0.25) is 9.69 Å². The van der Waals surface area contributed by atoms with Crippen LogP contribution in [-0.4, -0.2) is 37.7 Å². The number of rotatable bonds is 5. The first-order valence-electron chi connectivity index (χ1n) is 10.9. The van der Waals surface area contributed by atoms with Gasteiger partial charge in [-0.1, -0.05) is 12.1 Å². The number of ketones is 1. The van der Waals surface area contributed by atoms with Gasteiger partial charge < -0.3 is 10.4 Å². The number of sulfone groups is 1. The Morgan fingerprint density at radius 1 is 1.14 bits per heavy atom. The first-order valence-corrected chi connectivity index (χ1v) is 12.5. The smallest absolute Gasteiger partial charge is 0.395 e. The van der Waals surface area contributed by atoms with Crippen molar-refractivity contribution in [1.82, 2.24) is 5.32 Å². The molecular formula is C24H20F3N3O5S. The Balaban J connectivity index is 1.92. The summed E-state index contributed by atoms with van der Waals surface area (Å²) in [5.74, 6) is -1.03. The van der Waals surface area contributed by atoms with Crippen LogP contribution < -0.4 is 10.2 Å². The normalized spacial score (nSPS) is 18.5. The Hall–Kier alpha value is -3.69. The van der Waals surface area contributed by atoms with Crippen LogP contribution in [0.25, 0.3) is 0 Å². The average molecular weight is 520 g/mol. The van der Waals surface area contributed by atoms with E-state index < -0.39 is 46.0 Å². The van der Waals surface area contributed by atoms with Gasteiger partial charge >= 0.3 is 12.2 Å². The number of urea groups is 1. The Labute approximate surface area is 204 Å². The lowest BCUT2D eigenvalue weighted by Crippen LogP contribution is -2.49. The maximum atomic E-state index is 13.3. The van der Waals surface area contributed by atoms with E-state index in [9.17, 15) is 41.5 Å². The molecule has 2 aromatic carbocycles. The number of carbonyl (C=O) groups is 2. The molecule has 2 amide bonds. The number of nitrogens with zero attached hydrogens (tertiary/aromatic N) is 2. The van der Waals surface area contributed by atoms with Crippen LogP contribution in [0.3, 0.4) is 0 Å². The van der Waals surface area contributed by atoms with Crippen molar-refractivity contribution in [3.8, 4) is 6.07 Å². The fraction of sp³-hybridized carbons (Fsp3) is 0.292. The topological polar surface area (TPSA) is 128 Å². The third kappa shape index (κ3) is 4.59. The lowest BCUT2D eigenvalue weighted by atomic mass is 9.84. The van der Waals surface area contributed by atoms with Crippen LogP contribution in [0.15, 0.2) is 58.6 Å². The summed E-state index contributed by atoms with van der Waals surface area (Å²) in [5.41, 5.74) is -0.744. The van der Waals surface area contributed by atoms with Crippen LogP contribution in [0, 0.1) is 11.3 Å². The first-order chi connectivity index (χ1) is 17.0. The minimum Gasteiger partial charge on any atom is -0.395 e. The van der Waals surface area contributed by atoms with E-state index in [1.54, 1.807) is 0 Å². The molecule has 36 heavy (non-hydrogen) atoms. The summed E-state index contributed by atoms with van der Waals surface area (Å²) in [4.78, 5) is 27.0. The van der Waals surface area contributed by atoms with E-state index in [1.807, 2.05) is 6.07 Å². The van der Waals surface area contributed by atoms with Gasteiger partial charge in [-0.15, -0.1) is 0 Å². The van der Waals surface area contributed by atoms with Gasteiger partial charge in [-0.05, 0) is 48.7 Å². The van der Waals surface area contributed by atoms with Crippen LogP contribution >= 0.6 is 0 Å². The zero-order chi connectivity index (χ0) is 26.3. The van der Waals surface area contributed by atoms with Crippen molar-refractivity contribution in [3.05, 3.63) is 70.4 Å². The second kappa shape index (κ2) is 9.40. The van der Waals surface area contributed by atoms with Gasteiger partial charge in [0, 0.05) is 17.7 Å². The van der Waals surface area contributed by atoms with Crippen LogP contribution in [0.5, 0.6) is 0 Å². The van der Waals surface area contributed by atoms with E-state index >= 15 is 0 Å². The predicted molar refractivity (Wildman–Crippen MR) is 121 cm³/mol. The molecule has 2 N–H and O–H groups in total. The molecule has 1 atom stereocenters. The highest BCUT2D eigenvalue weighted by Crippen LogP contribution is 2.42. The number of anilines is 1. The molecule has 188 valence electrons. The number of allylic oxidation sites excluding steroid dienone is 1. The number of nitriles is 1. The molecule has 0 spiro atoms. The summed E-state index contributed by atoms with van der Waals surface area (Å²) in [6, 6.07) is 7.71. The van der Waals surface area contributed by atoms with E-state index in [0.717, 1.165) is 29.2 Å². The molecule has 0 saturated heterocycles. The number of benzene rings is 2. The zero-order valence-corrected chi connectivity index (χ0v) is 19.5. The van der Waals surface area contributed by atoms with Crippen molar-refractivity contribution in [2.24, 2.45) is 0 Å². The lowest BCUT2D eigenvalue weighted by Gasteiger charge is -2.39. The highest BCUT2D eigenvalue weighted by atomic mass is 32.2. The predicted octanol–water partition coefficient (Wildman–Crippen LogP) is 3.62. The van der Waals surface area contributed by atoms with Gasteiger partial charge in [0.15, 0.2) is 15.6 Å². The Kier molecular flexibility index (Phi) is 6.64. The largest absolute Gasteiger partial charge is 0.416 e. The van der Waals surface area contributed by atoms with Gasteiger partial charge in [0.25, 0.3) is 0 Å². The minimum atomic E-state index is -4.65. The van der Waals surface area contributed by atoms with Crippen molar-refractivity contribution in [3.63, 3.8) is 0 Å². The Morgan fingerprint density at radius 2 is 1.89 bits per heavy atom. The maximum Gasteiger partial charge on any atom is 0.416 e. The monoisotopic (exact) mass is 519 g/mol. The molecule has 1 aliphatic heterocycles. The standard InChI is InChI=1S/C24H20F3N3O5S/c25-24(26,27)15-3-1-4-16(12-15)30-18-5-2-6-19(32)21(18)22(29-23(30)33)17-8-7-14(13-28)11-20(17)36(34,35)10-9-31/h1,3-4,7-8,11-12,22,31H,2,5-6,9-10H2,(H,29,33). The molecule has 0 aromatic heterocycles. The second-order valence-corrected chi connectivity index (χ2v) is 10.4. The molecule has 0 bridgehead atoms. The van der Waals surface area contributed by atoms with Crippen LogP contribution in [0.2, 0.25) is 0 Å². The third-order valence-electron chi connectivity index (χ3n) is 6.04. The first kappa shape index (κ1) is 25.4. The van der Waals surface area contributed by atoms with Crippen molar-refractivity contribution >= 4 is 27.3 Å². The minimum absolute atomic E-state index is 0.0205. The average Bonchev–Trinajstić information content (AvgIpc) is 2.83. The van der Waals surface area contributed by atoms with Gasteiger partial charge in [0.2, 0.25) is 0 Å². The SMILES string of the molecule is N#Cc1ccc(C2NC(=O)N(c3cccc(C(F)(F)F)c3)C3=C2C(=O)CCC3)c(S(=O)(=O)CCO)c1. The quantitative estimate of drug-likeness (QED) is 0.621. The molecule has 0 fully saturated rings. The van der Waals surface area contributed by atoms with E-state index in [-0.39, 0.29) is 51.6 Å². The molecule has 8 nitrogen and oxygen atoms in total. The van der Waals surface area contributed by atoms with Crippen molar-refractivity contribution in [1.29, 1.82) is 5.26 Å². The number of aliphatic hydroxyl groups excluding tert-OH is 1. The molecule has 1 heterocycles. The summed E-state index contributed by atoms with van der Waals surface area (Å²) >= 11 is 0. The zero-order valence-electron chi connectivity index (χ0n) is 18.7. The van der Waals surface area contributed by atoms with Crippen molar-refractivity contribution < 1.29 is 36.3 Å². The second-order valence-electron chi connectivity index (χ2n) is 8.31. The number of nitrogens with one attached hydrogen (secondary N) is 1. The third-order valence-corrected chi connectivity index (χ3v) is 7.78. The number of carbonyl (C=O) groups excluding carboxylic acids is 2. The van der Waals surface area contributed by atoms with Gasteiger partial charge in [-0.25, -0.2) is 13.2 Å². The summed E-state index contributed by atoms with van der Waals surface area (Å²) in [7, 11) is -4.11. The number of amides is 2. The number of hydrogen-bond acceptors (Lipinski definition) is 6. The number of halogens is 3. The fourth-order valence-electron chi connectivity index (χ4n) is 4.46. The van der Waals surface area contributed by atoms with Crippen molar-refractivity contribution in [2.75, 3.05) is 17.3 Å². The summed E-state index contributed by atoms with van der Waals surface area (Å²) < 4.78 is 65.7. The van der Waals surface area contributed by atoms with Gasteiger partial charge in [-0.2, -0.15) is 18.4 Å². The summed E-state index contributed by atoms with van der Waals surface area (Å²) in [6.45, 7) is -0.689. The van der Waals surface area contributed by atoms with E-state index in [1.165, 1.54) is 18.2 Å². The summed E-state index contributed by atoms with van der Waals surface area (Å²) in [6.07, 6.45) is -3.98. The molecule has 2 aromatic rings. The van der Waals surface area contributed by atoms with Crippen molar-refractivity contribution in [2.45, 2.75) is 36.4 Å². The molecule has 4 rings (SSSR count). The molecule has 1 unspecified atom stereocenters. The number of hydrogen-bond donors (Lipinski definition) is 2. The van der Waals surface area contributed by atoms with Crippen LogP contribution in [0.4, 0.5) is 23.7 Å². The molecular weight excluding hydrogens is 499 g/mol. The van der Waals surface area contributed by atoms with E-state index in [0.29, 0.717) is 6.42 Å². The molecule has 0 saturated carbocycles. The van der Waals surface area contributed by atoms with Crippen LogP contribution in [-0.2, 0) is 20.8 Å². The number of Topliss-reactive ketones (excluding diaryl/α,β-unsaturated/α-hetero) is 1. The number of alkyl halides is 3. The van der Waals surface area contributed by atoms with Crippen LogP contribution in [0.1, 0.15) is 42.0 Å². The maximum absolute atomic E-state index is 13.3. The molecule has 12 heteroatoms. The van der Waals surface area contributed by atoms with Gasteiger partial charge in [0.1, 0.15) is 0 Å². The Bertz CT molecular complexity index is 1430. The molecule has 2 aliphatic rings. The number of aliphatic hydroxyl groups is 1. The summed E-state index contributed by atoms with van der Waals surface area (Å²) in [5, 5.41) is 21.1.